The maximum absolute atomic E-state index is 15.2. The van der Waals surface area contributed by atoms with Crippen LogP contribution in [0.5, 0.6) is 11.5 Å². The van der Waals surface area contributed by atoms with Gasteiger partial charge in [-0.25, -0.2) is 29.6 Å². The molecule has 8 rings (SSSR count). The Hall–Kier alpha value is -11.4. The third-order valence-corrected chi connectivity index (χ3v) is 17.0. The standard InChI is InChI=1S/C65H80N16O22/c1-32-21-36(32)61(93)103-46-18-20-71-81-52(46)58(90)69-27-48(84)77(8)29-50(86)79(10)53(64(3,4)96)62(94)100-30-43(74-55(87)41-24-66-39-22-34(98-11)13-15-37(39)72-41)59(91)80-51(45(17-19-70-80)102-33(2)82)57(89)68-26-47(83)76(7)28-49(85)78(9)54(65(5,6)97)63(95)101-31-44(60(81)92)75-56(88)42-25-67-40-23-35(99-12)14-16-38(40)73-42/h13-16,19-20,22-25,32,36,43-46,51-54,96-97H,17-18,21,26-31H2,1-12H3,(H,68,89)(H,69,90)(H,74,87)(H,75,88)/t32?,36?,43-,44-,45+,46+,51+,52+,53-,54-/m1/s1. The van der Waals surface area contributed by atoms with Gasteiger partial charge in [0.2, 0.25) is 35.4 Å². The van der Waals surface area contributed by atoms with Crippen molar-refractivity contribution in [3.05, 3.63) is 60.2 Å². The minimum atomic E-state index is -2.21. The lowest BCUT2D eigenvalue weighted by atomic mass is 9.97. The number of rotatable bonds is 11. The fourth-order valence-electron chi connectivity index (χ4n) is 11.3. The van der Waals surface area contributed by atoms with Crippen LogP contribution in [-0.2, 0) is 76.5 Å². The van der Waals surface area contributed by atoms with Gasteiger partial charge >= 0.3 is 23.9 Å². The highest BCUT2D eigenvalue weighted by atomic mass is 16.6. The molecule has 3 aliphatic heterocycles. The summed E-state index contributed by atoms with van der Waals surface area (Å²) >= 11 is 0. The summed E-state index contributed by atoms with van der Waals surface area (Å²) < 4.78 is 33.1. The smallest absolute Gasteiger partial charge is 0.331 e. The Morgan fingerprint density at radius 3 is 1.33 bits per heavy atom. The summed E-state index contributed by atoms with van der Waals surface area (Å²) in [4.78, 5) is 220. The average molecular weight is 1440 g/mol. The van der Waals surface area contributed by atoms with Crippen molar-refractivity contribution < 1.29 is 106 Å². The lowest BCUT2D eigenvalue weighted by Gasteiger charge is -2.37. The highest BCUT2D eigenvalue weighted by Gasteiger charge is 2.50. The van der Waals surface area contributed by atoms with Crippen molar-refractivity contribution in [1.82, 2.24) is 70.8 Å². The molecule has 6 N–H and O–H groups in total. The number of nitrogens with one attached hydrogen (secondary N) is 4. The van der Waals surface area contributed by atoms with Crippen molar-refractivity contribution >= 4 is 117 Å². The highest BCUT2D eigenvalue weighted by Crippen LogP contribution is 2.39. The van der Waals surface area contributed by atoms with Crippen LogP contribution < -0.4 is 30.7 Å². The molecule has 2 unspecified atom stereocenters. The van der Waals surface area contributed by atoms with Crippen LogP contribution in [0.25, 0.3) is 22.1 Å². The first-order valence-electron chi connectivity index (χ1n) is 32.2. The number of hydrogen-bond donors (Lipinski definition) is 6. The molecule has 552 valence electrons. The highest BCUT2D eigenvalue weighted by molar-refractivity contribution is 6.02. The van der Waals surface area contributed by atoms with Gasteiger partial charge in [-0.3, -0.25) is 67.5 Å². The van der Waals surface area contributed by atoms with Crippen molar-refractivity contribution in [3.63, 3.8) is 0 Å². The van der Waals surface area contributed by atoms with Gasteiger partial charge in [-0.15, -0.1) is 0 Å². The van der Waals surface area contributed by atoms with Crippen molar-refractivity contribution in [2.45, 2.75) is 120 Å². The summed E-state index contributed by atoms with van der Waals surface area (Å²) in [6, 6.07) is -2.98. The van der Waals surface area contributed by atoms with Gasteiger partial charge in [0.05, 0.1) is 92.0 Å². The maximum Gasteiger partial charge on any atom is 0.331 e. The molecule has 0 radical (unpaired) electrons. The second-order valence-electron chi connectivity index (χ2n) is 25.9. The number of aliphatic hydroxyl groups is 2. The van der Waals surface area contributed by atoms with Crippen LogP contribution in [0.2, 0.25) is 0 Å². The molecule has 0 spiro atoms. The number of esters is 4. The van der Waals surface area contributed by atoms with E-state index in [0.717, 1.165) is 97.4 Å². The first kappa shape index (κ1) is 77.3. The van der Waals surface area contributed by atoms with E-state index in [2.05, 4.69) is 51.4 Å². The third kappa shape index (κ3) is 18.8. The fourth-order valence-corrected chi connectivity index (χ4v) is 11.3. The number of nitrogens with zero attached hydrogens (tertiary/aromatic N) is 12. The van der Waals surface area contributed by atoms with E-state index in [0.29, 0.717) is 37.7 Å². The number of ether oxygens (including phenoxy) is 6. The van der Waals surface area contributed by atoms with Crippen molar-refractivity contribution in [3.8, 4) is 11.5 Å². The normalized spacial score (nSPS) is 24.5. The molecule has 1 saturated heterocycles. The summed E-state index contributed by atoms with van der Waals surface area (Å²) in [7, 11) is 7.20. The van der Waals surface area contributed by atoms with Crippen molar-refractivity contribution in [1.29, 1.82) is 0 Å². The third-order valence-electron chi connectivity index (χ3n) is 17.0. The van der Waals surface area contributed by atoms with Crippen molar-refractivity contribution in [2.24, 2.45) is 22.0 Å². The Labute approximate surface area is 588 Å². The number of aromatic nitrogens is 4. The molecule has 5 heterocycles. The number of benzene rings is 2. The number of carbonyl (C=O) groups is 14. The number of hydrazone groups is 2. The minimum Gasteiger partial charge on any atom is -0.497 e. The molecule has 1 aliphatic carbocycles. The fraction of sp³-hybridized carbons (Fsp3) is 0.508. The van der Waals surface area contributed by atoms with E-state index in [1.807, 2.05) is 0 Å². The van der Waals surface area contributed by atoms with Crippen LogP contribution in [0, 0.1) is 11.8 Å². The van der Waals surface area contributed by atoms with Crippen LogP contribution in [0.4, 0.5) is 0 Å². The van der Waals surface area contributed by atoms with E-state index in [-0.39, 0.29) is 40.8 Å². The molecule has 2 aromatic heterocycles. The second kappa shape index (κ2) is 32.5. The topological polar surface area (TPSA) is 479 Å². The lowest BCUT2D eigenvalue weighted by molar-refractivity contribution is -0.168. The number of fused-ring (bicyclic) bond motifs is 4. The Balaban J connectivity index is 1.15. The Morgan fingerprint density at radius 1 is 0.583 bits per heavy atom. The van der Waals surface area contributed by atoms with Gasteiger partial charge in [0, 0.05) is 72.5 Å². The molecule has 38 heteroatoms. The first-order valence-corrected chi connectivity index (χ1v) is 32.2. The number of amides is 10. The molecule has 4 aromatic rings. The van der Waals surface area contributed by atoms with Crippen LogP contribution in [0.3, 0.4) is 0 Å². The predicted molar refractivity (Wildman–Crippen MR) is 354 cm³/mol. The Kier molecular flexibility index (Phi) is 24.4. The number of methoxy groups -OCH3 is 2. The van der Waals surface area contributed by atoms with Gasteiger partial charge in [-0.1, -0.05) is 6.92 Å². The quantitative estimate of drug-likeness (QED) is 0.0630. The van der Waals surface area contributed by atoms with E-state index < -0.39 is 199 Å². The molecule has 103 heavy (non-hydrogen) atoms. The number of carbonyl (C=O) groups excluding carboxylic acids is 14. The van der Waals surface area contributed by atoms with Crippen molar-refractivity contribution in [2.75, 3.05) is 81.8 Å². The van der Waals surface area contributed by atoms with Crippen LogP contribution in [-0.4, -0.2) is 297 Å². The van der Waals surface area contributed by atoms with Gasteiger partial charge in [0.15, 0.2) is 24.2 Å². The zero-order valence-electron chi connectivity index (χ0n) is 58.3. The van der Waals surface area contributed by atoms with E-state index in [1.54, 1.807) is 6.92 Å². The summed E-state index contributed by atoms with van der Waals surface area (Å²) in [5.74, 6) is -15.8. The van der Waals surface area contributed by atoms with E-state index in [9.17, 15) is 67.7 Å². The Bertz CT molecular complexity index is 4080. The van der Waals surface area contributed by atoms with Crippen LogP contribution >= 0.6 is 0 Å². The molecular formula is C65H80N16O22. The molecule has 10 amide bonds. The van der Waals surface area contributed by atoms with Gasteiger partial charge in [0.1, 0.15) is 60.4 Å². The van der Waals surface area contributed by atoms with Crippen LogP contribution in [0.1, 0.15) is 81.8 Å². The molecule has 1 saturated carbocycles. The first-order chi connectivity index (χ1) is 48.5. The molecule has 0 bridgehead atoms. The molecule has 2 aromatic carbocycles. The summed E-state index contributed by atoms with van der Waals surface area (Å²) in [5.41, 5.74) is -4.26. The maximum atomic E-state index is 15.2. The average Bonchev–Trinajstić information content (AvgIpc) is 1.78. The Morgan fingerprint density at radius 2 is 0.971 bits per heavy atom. The molecular weight excluding hydrogens is 1360 g/mol. The summed E-state index contributed by atoms with van der Waals surface area (Å²) in [6.07, 6.45) is 1.01. The number of likely N-dealkylation sites (N-methyl/N-ethyl adjacent to an activating group) is 4. The molecule has 2 fully saturated rings. The van der Waals surface area contributed by atoms with Gasteiger partial charge in [0.25, 0.3) is 23.6 Å². The summed E-state index contributed by atoms with van der Waals surface area (Å²) in [5, 5.41) is 41.9. The zero-order valence-corrected chi connectivity index (χ0v) is 58.3. The largest absolute Gasteiger partial charge is 0.497 e. The molecule has 10 atom stereocenters. The number of hydrogen-bond acceptors (Lipinski definition) is 28. The SMILES string of the molecule is COc1ccc2nc(C(=O)N[C@@H]3COC(=O)[C@H](C(C)(C)O)N(C)C(=O)CN(C)C(=O)CNC(=O)[C@@H]4[C@@H](OC(=O)C5CC5C)CC=NN4C(=O)[C@H](NC(=O)c4cnc5cc(OC)ccc5n4)COC(=O)[C@H](C(C)(C)O)N(C)C(=O)CN(C)C(=O)CNC(=O)[C@@H]4[C@@H](OC(C)=O)CC=NN4C3=O)cnc2c1. The minimum absolute atomic E-state index is 0.112. The lowest BCUT2D eigenvalue weighted by Crippen LogP contribution is -2.62. The monoisotopic (exact) mass is 1440 g/mol. The molecule has 4 aliphatic rings. The van der Waals surface area contributed by atoms with E-state index in [1.165, 1.54) is 50.6 Å². The van der Waals surface area contributed by atoms with Gasteiger partial charge in [-0.05, 0) is 64.3 Å². The van der Waals surface area contributed by atoms with Gasteiger partial charge < -0.3 is 79.5 Å². The second-order valence-corrected chi connectivity index (χ2v) is 25.9. The molecule has 38 nitrogen and oxygen atoms in total. The van der Waals surface area contributed by atoms with Crippen LogP contribution in [0.15, 0.2) is 59.0 Å². The van der Waals surface area contributed by atoms with Gasteiger partial charge in [-0.2, -0.15) is 10.2 Å². The number of cyclic esters (lactones) is 2. The predicted octanol–water partition coefficient (Wildman–Crippen LogP) is -3.39. The summed E-state index contributed by atoms with van der Waals surface area (Å²) in [6.45, 7) is 1.26. The zero-order chi connectivity index (χ0) is 75.7. The van der Waals surface area contributed by atoms with E-state index in [4.69, 9.17) is 28.4 Å². The van der Waals surface area contributed by atoms with E-state index >= 15 is 9.59 Å².